The molecule has 0 heterocycles. The molecule has 0 saturated carbocycles. The predicted molar refractivity (Wildman–Crippen MR) is 176 cm³/mol. The quantitative estimate of drug-likeness (QED) is 0.0741. The minimum absolute atomic E-state index is 0.118. The zero-order chi connectivity index (χ0) is 29.4. The molecule has 0 unspecified atom stereocenters. The second-order valence-corrected chi connectivity index (χ2v) is 15.0. The molecule has 0 aliphatic carbocycles. The first-order valence-corrected chi connectivity index (χ1v) is 18.6. The third kappa shape index (κ3) is 12.2. The summed E-state index contributed by atoms with van der Waals surface area (Å²) >= 11 is 7.65. The van der Waals surface area contributed by atoms with Gasteiger partial charge in [0.15, 0.2) is 0 Å². The average molecular weight is 822 g/mol. The van der Waals surface area contributed by atoms with Crippen molar-refractivity contribution in [1.29, 1.82) is 0 Å². The Morgan fingerprint density at radius 3 is 1.33 bits per heavy atom. The van der Waals surface area contributed by atoms with Gasteiger partial charge in [-0.2, -0.15) is 0 Å². The molecule has 0 aliphatic rings. The van der Waals surface area contributed by atoms with Gasteiger partial charge in [0.2, 0.25) is 0 Å². The Morgan fingerprint density at radius 1 is 0.571 bits per heavy atom. The summed E-state index contributed by atoms with van der Waals surface area (Å²) in [5.74, 6) is 1.44. The van der Waals surface area contributed by atoms with E-state index in [1.165, 1.54) is 8.92 Å². The molecule has 4 aromatic rings. The van der Waals surface area contributed by atoms with Gasteiger partial charge >= 0.3 is 278 Å². The normalized spacial score (nSPS) is 11.1. The Morgan fingerprint density at radius 2 is 0.952 bits per heavy atom. The molecule has 0 saturated heterocycles. The summed E-state index contributed by atoms with van der Waals surface area (Å²) in [6.45, 7) is 0.236. The summed E-state index contributed by atoms with van der Waals surface area (Å²) < 4.78 is 26.7. The molecule has 0 aromatic heterocycles. The van der Waals surface area contributed by atoms with Crippen molar-refractivity contribution in [3.8, 4) is 11.5 Å². The molecule has 216 valence electrons. The third-order valence-electron chi connectivity index (χ3n) is 5.48. The van der Waals surface area contributed by atoms with Gasteiger partial charge in [-0.25, -0.2) is 0 Å². The van der Waals surface area contributed by atoms with Crippen LogP contribution in [0.5, 0.6) is 11.5 Å². The van der Waals surface area contributed by atoms with E-state index in [4.69, 9.17) is 18.9 Å². The van der Waals surface area contributed by atoms with Gasteiger partial charge in [0.25, 0.3) is 0 Å². The van der Waals surface area contributed by atoms with Gasteiger partial charge in [-0.3, -0.25) is 0 Å². The van der Waals surface area contributed by atoms with Crippen LogP contribution in [0.2, 0.25) is 10.6 Å². The van der Waals surface area contributed by atoms with Crippen molar-refractivity contribution in [2.24, 2.45) is 0 Å². The van der Waals surface area contributed by atoms with Gasteiger partial charge in [0, 0.05) is 0 Å². The number of hydrogen-bond acceptors (Lipinski definition) is 5. The van der Waals surface area contributed by atoms with E-state index in [0.717, 1.165) is 42.2 Å². The number of halogens is 2. The summed E-state index contributed by atoms with van der Waals surface area (Å²) in [6.07, 6.45) is 6.77. The number of rotatable bonds is 14. The zero-order valence-corrected chi connectivity index (χ0v) is 29.1. The second-order valence-electron chi connectivity index (χ2n) is 8.62. The standard InChI is InChI=1S/C33H28Br2O5Se2/c34-27-7-15-31(16-8-27)41-21-1-19-37-29-11-3-25(4-12-29)23-39-33(36)40-24-26-5-13-30(14-6-26)38-20-2-22-42-32-17-9-28(35)10-18-32/h1-20H,21-24H2. The Labute approximate surface area is 275 Å². The fraction of sp³-hybridized carbons (Fsp3) is 0.121. The number of allylic oxidation sites excluding steroid dienone is 2. The SMILES string of the molecule is O=C(OCc1ccc(OC=CC[Se]c2ccc(Br)cc2)cc1)OCc1ccc(OC=CC[Se]c2ccc(Br)cc2)cc1. The predicted octanol–water partition coefficient (Wildman–Crippen LogP) is 7.75. The van der Waals surface area contributed by atoms with Crippen LogP contribution in [0.25, 0.3) is 0 Å². The summed E-state index contributed by atoms with van der Waals surface area (Å²) in [5, 5.41) is 1.90. The van der Waals surface area contributed by atoms with Crippen molar-refractivity contribution in [3.05, 3.63) is 142 Å². The fourth-order valence-electron chi connectivity index (χ4n) is 3.34. The molecule has 0 radical (unpaired) electrons. The van der Waals surface area contributed by atoms with E-state index in [1.54, 1.807) is 12.5 Å². The summed E-state index contributed by atoms with van der Waals surface area (Å²) in [6, 6.07) is 31.6. The Kier molecular flexibility index (Phi) is 13.8. The monoisotopic (exact) mass is 822 g/mol. The fourth-order valence-corrected chi connectivity index (χ4v) is 6.79. The topological polar surface area (TPSA) is 54.0 Å². The first-order valence-electron chi connectivity index (χ1n) is 12.9. The first-order chi connectivity index (χ1) is 20.5. The van der Waals surface area contributed by atoms with Gasteiger partial charge in [0.1, 0.15) is 0 Å². The molecule has 0 bridgehead atoms. The molecule has 0 amide bonds. The zero-order valence-electron chi connectivity index (χ0n) is 22.5. The Hall–Kier alpha value is -2.77. The van der Waals surface area contributed by atoms with E-state index in [-0.39, 0.29) is 13.2 Å². The number of ether oxygens (including phenoxy) is 4. The maximum absolute atomic E-state index is 12.1. The molecular formula is C33H28Br2O5Se2. The van der Waals surface area contributed by atoms with Gasteiger partial charge in [-0.05, 0) is 0 Å². The molecule has 5 nitrogen and oxygen atoms in total. The maximum atomic E-state index is 12.1. The Balaban J connectivity index is 1.08. The molecule has 42 heavy (non-hydrogen) atoms. The van der Waals surface area contributed by atoms with Crippen LogP contribution >= 0.6 is 31.9 Å². The first kappa shape index (κ1) is 32.1. The molecule has 0 aliphatic heterocycles. The summed E-state index contributed by atoms with van der Waals surface area (Å²) in [4.78, 5) is 12.1. The molecule has 9 heteroatoms. The van der Waals surface area contributed by atoms with E-state index >= 15 is 0 Å². The number of benzene rings is 4. The van der Waals surface area contributed by atoms with E-state index in [0.29, 0.717) is 29.9 Å². The van der Waals surface area contributed by atoms with Crippen molar-refractivity contribution >= 4 is 76.9 Å². The van der Waals surface area contributed by atoms with Gasteiger partial charge in [-0.1, -0.05) is 0 Å². The van der Waals surface area contributed by atoms with Gasteiger partial charge < -0.3 is 0 Å². The van der Waals surface area contributed by atoms with Crippen LogP contribution in [0.1, 0.15) is 11.1 Å². The van der Waals surface area contributed by atoms with Gasteiger partial charge in [0.05, 0.1) is 0 Å². The number of carbonyl (C=O) groups is 1. The molecule has 0 atom stereocenters. The van der Waals surface area contributed by atoms with E-state index in [9.17, 15) is 4.79 Å². The minimum atomic E-state index is -0.721. The van der Waals surface area contributed by atoms with Crippen molar-refractivity contribution < 1.29 is 23.7 Å². The summed E-state index contributed by atoms with van der Waals surface area (Å²) in [5.41, 5.74) is 1.68. The Bertz CT molecular complexity index is 1330. The van der Waals surface area contributed by atoms with Crippen LogP contribution in [-0.4, -0.2) is 36.1 Å². The van der Waals surface area contributed by atoms with Crippen LogP contribution in [0.3, 0.4) is 0 Å². The van der Waals surface area contributed by atoms with Gasteiger partial charge in [-0.15, -0.1) is 0 Å². The van der Waals surface area contributed by atoms with Crippen LogP contribution < -0.4 is 18.4 Å². The van der Waals surface area contributed by atoms with Crippen molar-refractivity contribution in [3.63, 3.8) is 0 Å². The molecular weight excluding hydrogens is 794 g/mol. The molecule has 0 N–H and O–H groups in total. The average Bonchev–Trinajstić information content (AvgIpc) is 3.01. The van der Waals surface area contributed by atoms with Crippen LogP contribution in [0, 0.1) is 0 Å². The molecule has 0 fully saturated rings. The van der Waals surface area contributed by atoms with Crippen molar-refractivity contribution in [2.45, 2.75) is 23.9 Å². The molecule has 4 rings (SSSR count). The second kappa shape index (κ2) is 18.0. The van der Waals surface area contributed by atoms with Crippen molar-refractivity contribution in [2.75, 3.05) is 0 Å². The van der Waals surface area contributed by atoms with E-state index in [1.807, 2.05) is 60.7 Å². The van der Waals surface area contributed by atoms with E-state index < -0.39 is 6.16 Å². The van der Waals surface area contributed by atoms with Crippen LogP contribution in [0.15, 0.2) is 131 Å². The van der Waals surface area contributed by atoms with Crippen molar-refractivity contribution in [1.82, 2.24) is 0 Å². The number of carbonyl (C=O) groups excluding carboxylic acids is 1. The van der Waals surface area contributed by atoms with Crippen LogP contribution in [-0.2, 0) is 22.7 Å². The summed E-state index contributed by atoms with van der Waals surface area (Å²) in [7, 11) is 0. The molecule has 4 aromatic carbocycles. The molecule has 0 spiro atoms. The third-order valence-corrected chi connectivity index (χ3v) is 10.6. The number of hydrogen-bond donors (Lipinski definition) is 0. The van der Waals surface area contributed by atoms with Crippen LogP contribution in [0.4, 0.5) is 4.79 Å². The van der Waals surface area contributed by atoms with E-state index in [2.05, 4.69) is 80.4 Å².